The minimum absolute atomic E-state index is 0.0589. The molecule has 42 heavy (non-hydrogen) atoms. The normalized spacial score (nSPS) is 13.0. The van der Waals surface area contributed by atoms with Crippen LogP contribution in [0, 0.1) is 11.7 Å². The van der Waals surface area contributed by atoms with Crippen molar-refractivity contribution in [2.24, 2.45) is 5.92 Å². The summed E-state index contributed by atoms with van der Waals surface area (Å²) in [5.74, 6) is -1.26. The van der Waals surface area contributed by atoms with E-state index in [1.807, 2.05) is 11.6 Å². The first kappa shape index (κ1) is 35.2. The fraction of sp³-hybridized carbons (Fsp3) is 0.500. The minimum Gasteiger partial charge on any atom is -0.384 e. The van der Waals surface area contributed by atoms with Gasteiger partial charge in [-0.05, 0) is 43.4 Å². The summed E-state index contributed by atoms with van der Waals surface area (Å²) < 4.78 is 42.9. The van der Waals surface area contributed by atoms with Crippen LogP contribution in [0.4, 0.5) is 4.39 Å². The fourth-order valence-electron chi connectivity index (χ4n) is 4.32. The first-order valence-corrected chi connectivity index (χ1v) is 16.2. The van der Waals surface area contributed by atoms with Gasteiger partial charge in [0.15, 0.2) is 0 Å². The first-order chi connectivity index (χ1) is 19.8. The number of hydrogen-bond acceptors (Lipinski definition) is 7. The third-order valence-corrected chi connectivity index (χ3v) is 8.41. The third kappa shape index (κ3) is 10.7. The molecule has 0 bridgehead atoms. The predicted octanol–water partition coefficient (Wildman–Crippen LogP) is 4.05. The van der Waals surface area contributed by atoms with Crippen molar-refractivity contribution in [3.05, 3.63) is 53.8 Å². The molecule has 9 nitrogen and oxygen atoms in total. The zero-order valence-electron chi connectivity index (χ0n) is 24.6. The van der Waals surface area contributed by atoms with E-state index in [2.05, 4.69) is 31.8 Å². The second-order valence-corrected chi connectivity index (χ2v) is 12.7. The third-order valence-electron chi connectivity index (χ3n) is 6.56. The number of sulfonamides is 1. The summed E-state index contributed by atoms with van der Waals surface area (Å²) in [4.78, 5) is 38.7. The number of unbranched alkanes of at least 4 members (excludes halogenated alkanes) is 1. The van der Waals surface area contributed by atoms with E-state index in [4.69, 9.17) is 0 Å². The number of nitrogens with zero attached hydrogens (tertiary/aromatic N) is 1. The number of thiol groups is 1. The van der Waals surface area contributed by atoms with E-state index in [0.717, 1.165) is 19.8 Å². The number of aliphatic hydroxyl groups excluding tert-OH is 1. The van der Waals surface area contributed by atoms with Gasteiger partial charge in [0.05, 0.1) is 4.90 Å². The lowest BCUT2D eigenvalue weighted by atomic mass is 10.0. The average molecular weight is 624 g/mol. The Bertz CT molecular complexity index is 1330. The molecule has 3 N–H and O–H groups in total. The highest BCUT2D eigenvalue weighted by atomic mass is 32.2. The maximum Gasteiger partial charge on any atom is 0.264 e. The Kier molecular flexibility index (Phi) is 13.9. The van der Waals surface area contributed by atoms with Gasteiger partial charge in [-0.1, -0.05) is 57.5 Å². The summed E-state index contributed by atoms with van der Waals surface area (Å²) in [6, 6.07) is 9.90. The number of benzene rings is 2. The Morgan fingerprint density at radius 3 is 2.36 bits per heavy atom. The van der Waals surface area contributed by atoms with Crippen LogP contribution in [-0.2, 0) is 31.0 Å². The number of hydrogen-bond donors (Lipinski definition) is 4. The number of carbonyl (C=O) groups is 3. The molecule has 2 atom stereocenters. The molecule has 0 fully saturated rings. The Balaban J connectivity index is 2.28. The van der Waals surface area contributed by atoms with Crippen LogP contribution < -0.4 is 10.0 Å². The smallest absolute Gasteiger partial charge is 0.264 e. The van der Waals surface area contributed by atoms with Gasteiger partial charge in [0.25, 0.3) is 15.9 Å². The van der Waals surface area contributed by atoms with Gasteiger partial charge in [-0.2, -0.15) is 12.6 Å². The Hall–Kier alpha value is -2.96. The van der Waals surface area contributed by atoms with Crippen LogP contribution in [0.25, 0.3) is 11.1 Å². The van der Waals surface area contributed by atoms with E-state index in [-0.39, 0.29) is 65.4 Å². The fourth-order valence-corrected chi connectivity index (χ4v) is 5.84. The molecule has 0 aliphatic heterocycles. The predicted molar refractivity (Wildman–Crippen MR) is 164 cm³/mol. The zero-order chi connectivity index (χ0) is 31.4. The summed E-state index contributed by atoms with van der Waals surface area (Å²) in [6.07, 6.45) is 1.04. The number of halogens is 1. The van der Waals surface area contributed by atoms with Gasteiger partial charge in [0.1, 0.15) is 11.9 Å². The molecule has 0 aliphatic rings. The van der Waals surface area contributed by atoms with Crippen molar-refractivity contribution in [1.29, 1.82) is 0 Å². The number of rotatable bonds is 16. The van der Waals surface area contributed by atoms with Gasteiger partial charge in [0.2, 0.25) is 11.8 Å². The van der Waals surface area contributed by atoms with E-state index >= 15 is 4.39 Å². The molecule has 12 heteroatoms. The summed E-state index contributed by atoms with van der Waals surface area (Å²) in [7, 11) is -4.36. The van der Waals surface area contributed by atoms with Crippen molar-refractivity contribution < 1.29 is 32.3 Å². The molecule has 0 radical (unpaired) electrons. The highest BCUT2D eigenvalue weighted by molar-refractivity contribution is 7.90. The molecule has 0 aromatic heterocycles. The van der Waals surface area contributed by atoms with E-state index < -0.39 is 27.9 Å². The van der Waals surface area contributed by atoms with Crippen LogP contribution in [-0.4, -0.2) is 60.6 Å². The van der Waals surface area contributed by atoms with Crippen molar-refractivity contribution in [2.45, 2.75) is 83.4 Å². The van der Waals surface area contributed by atoms with Gasteiger partial charge < -0.3 is 15.3 Å². The summed E-state index contributed by atoms with van der Waals surface area (Å²) in [6.45, 7) is 7.27. The molecule has 2 aromatic carbocycles. The lowest BCUT2D eigenvalue weighted by molar-refractivity contribution is -0.132. The average Bonchev–Trinajstić information content (AvgIpc) is 2.93. The largest absolute Gasteiger partial charge is 0.384 e. The van der Waals surface area contributed by atoms with Crippen LogP contribution in [0.5, 0.6) is 0 Å². The van der Waals surface area contributed by atoms with Gasteiger partial charge in [-0.3, -0.25) is 14.4 Å². The SMILES string of the molecule is CCCCC(=O)N(CCC(=O)N[C@@H](CS)CC(C)C)Cc1ccc(-c2ccccc2S(=O)(=O)NC(=O)[C@H](C)O)cc1F. The molecule has 0 aliphatic carbocycles. The molecule has 0 saturated carbocycles. The van der Waals surface area contributed by atoms with Gasteiger partial charge in [-0.25, -0.2) is 17.5 Å². The van der Waals surface area contributed by atoms with Crippen LogP contribution >= 0.6 is 12.6 Å². The van der Waals surface area contributed by atoms with Crippen molar-refractivity contribution in [3.8, 4) is 11.1 Å². The maximum atomic E-state index is 15.4. The second kappa shape index (κ2) is 16.6. The van der Waals surface area contributed by atoms with Gasteiger partial charge in [0, 0.05) is 48.9 Å². The number of amides is 3. The summed E-state index contributed by atoms with van der Waals surface area (Å²) in [5.41, 5.74) is 0.606. The van der Waals surface area contributed by atoms with Crippen molar-refractivity contribution in [3.63, 3.8) is 0 Å². The molecule has 0 saturated heterocycles. The van der Waals surface area contributed by atoms with Crippen molar-refractivity contribution in [2.75, 3.05) is 12.3 Å². The molecule has 2 aromatic rings. The molecule has 3 amide bonds. The standard InChI is InChI=1S/C30H42FN3O6S2/c1-5-6-11-29(37)34(15-14-28(36)32-24(19-41)16-20(2)3)18-23-13-12-22(17-26(23)31)25-9-7-8-10-27(25)42(39,40)33-30(38)21(4)35/h7-10,12-13,17,20-21,24,35,41H,5-6,11,14-16,18-19H2,1-4H3,(H,32,36)(H,33,38)/t21-,24+/m0/s1. The lowest BCUT2D eigenvalue weighted by Gasteiger charge is -2.24. The van der Waals surface area contributed by atoms with Crippen LogP contribution in [0.15, 0.2) is 47.4 Å². The van der Waals surface area contributed by atoms with E-state index in [0.29, 0.717) is 18.1 Å². The lowest BCUT2D eigenvalue weighted by Crippen LogP contribution is -2.40. The first-order valence-electron chi connectivity index (χ1n) is 14.1. The number of nitrogens with one attached hydrogen (secondary N) is 2. The minimum atomic E-state index is -4.36. The molecule has 0 spiro atoms. The van der Waals surface area contributed by atoms with E-state index in [1.54, 1.807) is 6.07 Å². The molecule has 0 unspecified atom stereocenters. The zero-order valence-corrected chi connectivity index (χ0v) is 26.3. The van der Waals surface area contributed by atoms with Crippen molar-refractivity contribution >= 4 is 40.4 Å². The number of carbonyl (C=O) groups excluding carboxylic acids is 3. The second-order valence-electron chi connectivity index (χ2n) is 10.7. The Morgan fingerprint density at radius 2 is 1.76 bits per heavy atom. The highest BCUT2D eigenvalue weighted by Crippen LogP contribution is 2.29. The maximum absolute atomic E-state index is 15.4. The van der Waals surface area contributed by atoms with E-state index in [9.17, 15) is 27.9 Å². The van der Waals surface area contributed by atoms with E-state index in [1.165, 1.54) is 41.3 Å². The highest BCUT2D eigenvalue weighted by Gasteiger charge is 2.24. The summed E-state index contributed by atoms with van der Waals surface area (Å²) in [5, 5.41) is 12.4. The topological polar surface area (TPSA) is 133 Å². The van der Waals surface area contributed by atoms with Gasteiger partial charge in [-0.15, -0.1) is 0 Å². The molecule has 0 heterocycles. The van der Waals surface area contributed by atoms with Crippen LogP contribution in [0.2, 0.25) is 0 Å². The quantitative estimate of drug-likeness (QED) is 0.209. The Morgan fingerprint density at radius 1 is 1.07 bits per heavy atom. The summed E-state index contributed by atoms with van der Waals surface area (Å²) >= 11 is 4.32. The molecular weight excluding hydrogens is 581 g/mol. The molecule has 232 valence electrons. The molecule has 2 rings (SSSR count). The van der Waals surface area contributed by atoms with Crippen LogP contribution in [0.3, 0.4) is 0 Å². The van der Waals surface area contributed by atoms with Gasteiger partial charge >= 0.3 is 0 Å². The monoisotopic (exact) mass is 623 g/mol. The Labute approximate surface area is 253 Å². The van der Waals surface area contributed by atoms with Crippen LogP contribution in [0.1, 0.15) is 65.4 Å². The molecular formula is C30H42FN3O6S2. The van der Waals surface area contributed by atoms with Crippen molar-refractivity contribution in [1.82, 2.24) is 14.9 Å². The number of aliphatic hydroxyl groups is 1.